The minimum absolute atomic E-state index is 0.307. The first kappa shape index (κ1) is 15.5. The van der Waals surface area contributed by atoms with E-state index in [2.05, 4.69) is 20.1 Å². The van der Waals surface area contributed by atoms with E-state index in [-0.39, 0.29) is 0 Å². The average Bonchev–Trinajstić information content (AvgIpc) is 3.25. The van der Waals surface area contributed by atoms with Crippen LogP contribution >= 0.6 is 0 Å². The van der Waals surface area contributed by atoms with Crippen LogP contribution in [0.2, 0.25) is 0 Å². The molecule has 132 valence electrons. The van der Waals surface area contributed by atoms with E-state index in [1.165, 1.54) is 6.42 Å². The van der Waals surface area contributed by atoms with Crippen molar-refractivity contribution in [3.05, 3.63) is 48.5 Å². The van der Waals surface area contributed by atoms with Crippen molar-refractivity contribution < 1.29 is 9.84 Å². The van der Waals surface area contributed by atoms with Gasteiger partial charge in [0.1, 0.15) is 6.10 Å². The number of ether oxygens (including phenoxy) is 1. The lowest BCUT2D eigenvalue weighted by molar-refractivity contribution is -0.0427. The van der Waals surface area contributed by atoms with Gasteiger partial charge in [-0.25, -0.2) is 14.6 Å². The zero-order valence-electron chi connectivity index (χ0n) is 14.2. The number of H-pyrrole nitrogens is 1. The van der Waals surface area contributed by atoms with Crippen LogP contribution in [0.15, 0.2) is 43.0 Å². The summed E-state index contributed by atoms with van der Waals surface area (Å²) in [6.45, 7) is 0.308. The molecule has 0 saturated heterocycles. The topological polar surface area (TPSA) is 88.8 Å². The number of benzene rings is 1. The van der Waals surface area contributed by atoms with Crippen molar-refractivity contribution in [1.29, 1.82) is 0 Å². The third kappa shape index (κ3) is 2.65. The minimum atomic E-state index is -0.669. The van der Waals surface area contributed by atoms with E-state index >= 15 is 0 Å². The number of nitrogens with zero attached hydrogens (tertiary/aromatic N) is 4. The lowest BCUT2D eigenvalue weighted by atomic mass is 9.96. The molecule has 2 N–H and O–H groups in total. The van der Waals surface area contributed by atoms with E-state index in [4.69, 9.17) is 4.74 Å². The highest BCUT2D eigenvalue weighted by atomic mass is 16.5. The summed E-state index contributed by atoms with van der Waals surface area (Å²) < 4.78 is 7.49. The predicted molar refractivity (Wildman–Crippen MR) is 97.1 cm³/mol. The molecule has 7 heteroatoms. The van der Waals surface area contributed by atoms with Gasteiger partial charge >= 0.3 is 0 Å². The van der Waals surface area contributed by atoms with Gasteiger partial charge in [-0.2, -0.15) is 5.10 Å². The van der Waals surface area contributed by atoms with Crippen molar-refractivity contribution in [3.63, 3.8) is 0 Å². The Bertz CT molecular complexity index is 1070. The van der Waals surface area contributed by atoms with E-state index in [0.717, 1.165) is 46.2 Å². The maximum absolute atomic E-state index is 10.4. The Morgan fingerprint density at radius 3 is 3.00 bits per heavy atom. The number of aromatic amines is 1. The number of aliphatic hydroxyl groups is 1. The molecule has 1 aromatic carbocycles. The smallest absolute Gasteiger partial charge is 0.162 e. The van der Waals surface area contributed by atoms with Crippen LogP contribution in [-0.4, -0.2) is 42.5 Å². The summed E-state index contributed by atoms with van der Waals surface area (Å²) in [5.41, 5.74) is 4.27. The minimum Gasteiger partial charge on any atom is -0.386 e. The molecule has 1 atom stereocenters. The largest absolute Gasteiger partial charge is 0.386 e. The van der Waals surface area contributed by atoms with Crippen molar-refractivity contribution in [1.82, 2.24) is 24.7 Å². The van der Waals surface area contributed by atoms with E-state index in [1.807, 2.05) is 24.3 Å². The molecule has 0 unspecified atom stereocenters. The highest BCUT2D eigenvalue weighted by molar-refractivity contribution is 5.80. The highest BCUT2D eigenvalue weighted by Gasteiger charge is 2.20. The second-order valence-electron chi connectivity index (χ2n) is 6.74. The van der Waals surface area contributed by atoms with Crippen molar-refractivity contribution in [2.24, 2.45) is 0 Å². The van der Waals surface area contributed by atoms with Gasteiger partial charge in [0.15, 0.2) is 5.65 Å². The van der Waals surface area contributed by atoms with Gasteiger partial charge in [0, 0.05) is 17.1 Å². The molecular weight excluding hydrogens is 330 g/mol. The van der Waals surface area contributed by atoms with Crippen LogP contribution in [0.3, 0.4) is 0 Å². The Hall–Kier alpha value is -2.77. The third-order valence-electron chi connectivity index (χ3n) is 5.00. The summed E-state index contributed by atoms with van der Waals surface area (Å²) in [5.74, 6) is 0. The maximum Gasteiger partial charge on any atom is 0.162 e. The summed E-state index contributed by atoms with van der Waals surface area (Å²) >= 11 is 0. The van der Waals surface area contributed by atoms with Crippen molar-refractivity contribution in [2.75, 3.05) is 6.61 Å². The Morgan fingerprint density at radius 2 is 2.15 bits per heavy atom. The number of rotatable bonds is 5. The molecule has 0 bridgehead atoms. The van der Waals surface area contributed by atoms with Gasteiger partial charge in [0.25, 0.3) is 0 Å². The quantitative estimate of drug-likeness (QED) is 0.578. The van der Waals surface area contributed by atoms with Gasteiger partial charge in [-0.1, -0.05) is 0 Å². The fourth-order valence-electron chi connectivity index (χ4n) is 3.23. The number of aliphatic hydroxyl groups excluding tert-OH is 1. The van der Waals surface area contributed by atoms with Crippen molar-refractivity contribution in [3.8, 4) is 5.69 Å². The number of aromatic nitrogens is 5. The van der Waals surface area contributed by atoms with Crippen LogP contribution in [0.25, 0.3) is 27.8 Å². The second-order valence-corrected chi connectivity index (χ2v) is 6.74. The lowest BCUT2D eigenvalue weighted by Crippen LogP contribution is -2.24. The lowest BCUT2D eigenvalue weighted by Gasteiger charge is -2.26. The molecule has 0 spiro atoms. The standard InChI is InChI=1S/C19H19N5O2/c25-18(10-26-15-2-1-3-15)12-6-13-9-23-24(19(13)20-8-12)14-4-5-16-17(7-14)22-11-21-16/h4-9,11,15,18,25H,1-3,10H2,(H,21,22)/t18-/m0/s1. The van der Waals surface area contributed by atoms with Crippen LogP contribution < -0.4 is 0 Å². The molecule has 3 aromatic heterocycles. The Kier molecular flexibility index (Phi) is 3.69. The second kappa shape index (κ2) is 6.19. The average molecular weight is 349 g/mol. The number of nitrogens with one attached hydrogen (secondary N) is 1. The zero-order chi connectivity index (χ0) is 17.5. The summed E-state index contributed by atoms with van der Waals surface area (Å²) in [7, 11) is 0. The molecule has 1 fully saturated rings. The monoisotopic (exact) mass is 349 g/mol. The van der Waals surface area contributed by atoms with Gasteiger partial charge in [0.05, 0.1) is 42.0 Å². The van der Waals surface area contributed by atoms with Crippen LogP contribution in [0.5, 0.6) is 0 Å². The Labute approximate surface area is 149 Å². The molecule has 7 nitrogen and oxygen atoms in total. The van der Waals surface area contributed by atoms with Gasteiger partial charge < -0.3 is 14.8 Å². The number of hydrogen-bond acceptors (Lipinski definition) is 5. The number of pyridine rings is 1. The first-order valence-corrected chi connectivity index (χ1v) is 8.85. The zero-order valence-corrected chi connectivity index (χ0v) is 14.2. The van der Waals surface area contributed by atoms with E-state index in [1.54, 1.807) is 23.4 Å². The molecule has 0 amide bonds. The summed E-state index contributed by atoms with van der Waals surface area (Å²) in [6, 6.07) is 7.83. The van der Waals surface area contributed by atoms with E-state index < -0.39 is 6.10 Å². The summed E-state index contributed by atoms with van der Waals surface area (Å²) in [4.78, 5) is 11.9. The number of imidazole rings is 1. The van der Waals surface area contributed by atoms with Crippen molar-refractivity contribution in [2.45, 2.75) is 31.5 Å². The fraction of sp³-hybridized carbons (Fsp3) is 0.316. The van der Waals surface area contributed by atoms with Gasteiger partial charge in [-0.05, 0) is 43.5 Å². The molecule has 3 heterocycles. The molecule has 26 heavy (non-hydrogen) atoms. The molecular formula is C19H19N5O2. The van der Waals surface area contributed by atoms with Gasteiger partial charge in [-0.15, -0.1) is 0 Å². The van der Waals surface area contributed by atoms with E-state index in [0.29, 0.717) is 12.7 Å². The Morgan fingerprint density at radius 1 is 1.23 bits per heavy atom. The van der Waals surface area contributed by atoms with Crippen molar-refractivity contribution >= 4 is 22.1 Å². The first-order chi connectivity index (χ1) is 12.8. The molecule has 1 saturated carbocycles. The first-order valence-electron chi connectivity index (χ1n) is 8.85. The number of hydrogen-bond donors (Lipinski definition) is 2. The predicted octanol–water partition coefficient (Wildman–Crippen LogP) is 2.90. The molecule has 1 aliphatic rings. The molecule has 5 rings (SSSR count). The van der Waals surface area contributed by atoms with Crippen LogP contribution in [0.1, 0.15) is 30.9 Å². The Balaban J connectivity index is 1.43. The molecule has 0 aliphatic heterocycles. The SMILES string of the molecule is O[C@@H](COC1CCC1)c1cnc2c(cnn2-c2ccc3nc[nH]c3c2)c1. The highest BCUT2D eigenvalue weighted by Crippen LogP contribution is 2.25. The molecule has 0 radical (unpaired) electrons. The van der Waals surface area contributed by atoms with Crippen LogP contribution in [-0.2, 0) is 4.74 Å². The summed E-state index contributed by atoms with van der Waals surface area (Å²) in [6.07, 6.45) is 8.19. The third-order valence-corrected chi connectivity index (χ3v) is 5.00. The van der Waals surface area contributed by atoms with Gasteiger partial charge in [0.2, 0.25) is 0 Å². The van der Waals surface area contributed by atoms with Gasteiger partial charge in [-0.3, -0.25) is 0 Å². The number of fused-ring (bicyclic) bond motifs is 2. The van der Waals surface area contributed by atoms with E-state index in [9.17, 15) is 5.11 Å². The molecule has 1 aliphatic carbocycles. The van der Waals surface area contributed by atoms with Crippen LogP contribution in [0, 0.1) is 0 Å². The molecule has 4 aromatic rings. The summed E-state index contributed by atoms with van der Waals surface area (Å²) in [5, 5.41) is 15.7. The fourth-order valence-corrected chi connectivity index (χ4v) is 3.23. The van der Waals surface area contributed by atoms with Crippen LogP contribution in [0.4, 0.5) is 0 Å². The normalized spacial score (nSPS) is 16.2. The maximum atomic E-state index is 10.4.